The number of hydrogen-bond acceptors (Lipinski definition) is 3. The molecule has 1 amide bonds. The number of carbonyl (C=O) groups is 2. The number of nitrogens with one attached hydrogen (secondary N) is 1. The van der Waals surface area contributed by atoms with Crippen LogP contribution in [0.5, 0.6) is 0 Å². The van der Waals surface area contributed by atoms with Crippen LogP contribution in [-0.4, -0.2) is 35.5 Å². The van der Waals surface area contributed by atoms with Gasteiger partial charge < -0.3 is 10.4 Å². The van der Waals surface area contributed by atoms with Crippen molar-refractivity contribution in [3.63, 3.8) is 0 Å². The van der Waals surface area contributed by atoms with Crippen LogP contribution in [0.15, 0.2) is 0 Å². The van der Waals surface area contributed by atoms with Crippen LogP contribution in [0.25, 0.3) is 0 Å². The summed E-state index contributed by atoms with van der Waals surface area (Å²) in [4.78, 5) is 21.4. The summed E-state index contributed by atoms with van der Waals surface area (Å²) in [7, 11) is 0. The van der Waals surface area contributed by atoms with E-state index in [9.17, 15) is 9.59 Å². The van der Waals surface area contributed by atoms with Gasteiger partial charge in [0.15, 0.2) is 0 Å². The number of aliphatic carboxylic acids is 1. The third-order valence-corrected chi connectivity index (χ3v) is 2.59. The molecule has 5 heteroatoms. The number of carbonyl (C=O) groups excluding carboxylic acids is 1. The van der Waals surface area contributed by atoms with Gasteiger partial charge in [0.25, 0.3) is 0 Å². The normalized spacial score (nSPS) is 9.93. The fourth-order valence-corrected chi connectivity index (χ4v) is 1.58. The number of hydrogen-bond donors (Lipinski definition) is 2. The van der Waals surface area contributed by atoms with Crippen molar-refractivity contribution in [1.29, 1.82) is 0 Å². The van der Waals surface area contributed by atoms with Crippen molar-refractivity contribution in [2.24, 2.45) is 0 Å². The summed E-state index contributed by atoms with van der Waals surface area (Å²) in [6.07, 6.45) is 5.19. The third kappa shape index (κ3) is 11.2. The molecule has 0 aliphatic carbocycles. The van der Waals surface area contributed by atoms with Crippen LogP contribution in [-0.2, 0) is 9.59 Å². The molecule has 2 N–H and O–H groups in total. The molecular formula is C10H19NO3S. The fourth-order valence-electron chi connectivity index (χ4n) is 1.09. The number of carboxylic acid groups (broad SMARTS) is 1. The molecule has 0 rings (SSSR count). The van der Waals surface area contributed by atoms with Gasteiger partial charge in [-0.15, -0.1) is 0 Å². The van der Waals surface area contributed by atoms with E-state index in [1.165, 1.54) is 0 Å². The van der Waals surface area contributed by atoms with E-state index in [2.05, 4.69) is 5.32 Å². The molecule has 0 bridgehead atoms. The van der Waals surface area contributed by atoms with Crippen molar-refractivity contribution in [3.05, 3.63) is 0 Å². The van der Waals surface area contributed by atoms with E-state index in [1.807, 2.05) is 6.26 Å². The molecule has 0 aromatic carbocycles. The molecule has 0 aromatic heterocycles. The summed E-state index contributed by atoms with van der Waals surface area (Å²) >= 11 is 1.78. The SMILES string of the molecule is CSCCCCC(=O)NCCCC(=O)O. The summed E-state index contributed by atoms with van der Waals surface area (Å²) in [6, 6.07) is 0. The van der Waals surface area contributed by atoms with E-state index in [0.29, 0.717) is 19.4 Å². The highest BCUT2D eigenvalue weighted by molar-refractivity contribution is 7.98. The molecule has 0 unspecified atom stereocenters. The lowest BCUT2D eigenvalue weighted by Crippen LogP contribution is -2.24. The topological polar surface area (TPSA) is 66.4 Å². The van der Waals surface area contributed by atoms with Gasteiger partial charge >= 0.3 is 5.97 Å². The maximum atomic E-state index is 11.2. The summed E-state index contributed by atoms with van der Waals surface area (Å²) in [6.45, 7) is 0.466. The molecule has 15 heavy (non-hydrogen) atoms. The quantitative estimate of drug-likeness (QED) is 0.592. The standard InChI is InChI=1S/C10H19NO3S/c1-15-8-3-2-5-9(12)11-7-4-6-10(13)14/h2-8H2,1H3,(H,11,12)(H,13,14). The van der Waals surface area contributed by atoms with Gasteiger partial charge in [0.1, 0.15) is 0 Å². The van der Waals surface area contributed by atoms with Gasteiger partial charge in [-0.1, -0.05) is 0 Å². The molecule has 0 spiro atoms. The number of carboxylic acids is 1. The van der Waals surface area contributed by atoms with Crippen molar-refractivity contribution in [1.82, 2.24) is 5.32 Å². The number of thioether (sulfide) groups is 1. The van der Waals surface area contributed by atoms with Gasteiger partial charge in [0.2, 0.25) is 5.91 Å². The van der Waals surface area contributed by atoms with Gasteiger partial charge in [-0.2, -0.15) is 11.8 Å². The molecule has 88 valence electrons. The first-order valence-corrected chi connectivity index (χ1v) is 6.53. The van der Waals surface area contributed by atoms with Gasteiger partial charge in [-0.05, 0) is 31.3 Å². The molecule has 0 heterocycles. The Morgan fingerprint density at radius 2 is 1.93 bits per heavy atom. The second-order valence-corrected chi connectivity index (χ2v) is 4.28. The van der Waals surface area contributed by atoms with Crippen LogP contribution in [0.3, 0.4) is 0 Å². The third-order valence-electron chi connectivity index (χ3n) is 1.89. The molecule has 0 aliphatic rings. The lowest BCUT2D eigenvalue weighted by molar-refractivity contribution is -0.137. The highest BCUT2D eigenvalue weighted by Crippen LogP contribution is 2.01. The van der Waals surface area contributed by atoms with Crippen LogP contribution in [0.4, 0.5) is 0 Å². The molecule has 0 saturated carbocycles. The zero-order valence-electron chi connectivity index (χ0n) is 9.12. The molecule has 0 atom stereocenters. The van der Waals surface area contributed by atoms with Crippen molar-refractivity contribution in [2.75, 3.05) is 18.6 Å². The summed E-state index contributed by atoms with van der Waals surface area (Å²) in [5.74, 6) is 0.303. The van der Waals surface area contributed by atoms with Gasteiger partial charge in [0.05, 0.1) is 0 Å². The van der Waals surface area contributed by atoms with Crippen LogP contribution in [0.2, 0.25) is 0 Å². The van der Waals surface area contributed by atoms with Crippen molar-refractivity contribution in [2.45, 2.75) is 32.1 Å². The Morgan fingerprint density at radius 1 is 1.20 bits per heavy atom. The zero-order chi connectivity index (χ0) is 11.5. The Morgan fingerprint density at radius 3 is 2.53 bits per heavy atom. The average Bonchev–Trinajstić information content (AvgIpc) is 2.19. The Hall–Kier alpha value is -0.710. The minimum absolute atomic E-state index is 0.0292. The second-order valence-electron chi connectivity index (χ2n) is 3.30. The molecule has 0 aliphatic heterocycles. The Kier molecular flexibility index (Phi) is 9.36. The van der Waals surface area contributed by atoms with Crippen LogP contribution >= 0.6 is 11.8 Å². The van der Waals surface area contributed by atoms with E-state index in [1.54, 1.807) is 11.8 Å². The highest BCUT2D eigenvalue weighted by Gasteiger charge is 2.01. The maximum absolute atomic E-state index is 11.2. The first kappa shape index (κ1) is 14.3. The van der Waals surface area contributed by atoms with Gasteiger partial charge in [0, 0.05) is 19.4 Å². The maximum Gasteiger partial charge on any atom is 0.303 e. The molecule has 0 radical (unpaired) electrons. The monoisotopic (exact) mass is 233 g/mol. The summed E-state index contributed by atoms with van der Waals surface area (Å²) in [5, 5.41) is 11.1. The number of amides is 1. The van der Waals surface area contributed by atoms with Crippen molar-refractivity contribution in [3.8, 4) is 0 Å². The molecule has 0 fully saturated rings. The van der Waals surface area contributed by atoms with Crippen LogP contribution in [0, 0.1) is 0 Å². The fraction of sp³-hybridized carbons (Fsp3) is 0.800. The number of unbranched alkanes of at least 4 members (excludes halogenated alkanes) is 1. The van der Waals surface area contributed by atoms with Crippen LogP contribution < -0.4 is 5.32 Å². The average molecular weight is 233 g/mol. The predicted molar refractivity (Wildman–Crippen MR) is 62.1 cm³/mol. The summed E-state index contributed by atoms with van der Waals surface area (Å²) in [5.41, 5.74) is 0. The van der Waals surface area contributed by atoms with Gasteiger partial charge in [-0.25, -0.2) is 0 Å². The molecule has 4 nitrogen and oxygen atoms in total. The zero-order valence-corrected chi connectivity index (χ0v) is 9.94. The van der Waals surface area contributed by atoms with Crippen molar-refractivity contribution < 1.29 is 14.7 Å². The first-order chi connectivity index (χ1) is 7.16. The Balaban J connectivity index is 3.22. The number of rotatable bonds is 9. The largest absolute Gasteiger partial charge is 0.481 e. The minimum Gasteiger partial charge on any atom is -0.481 e. The van der Waals surface area contributed by atoms with E-state index in [0.717, 1.165) is 18.6 Å². The van der Waals surface area contributed by atoms with Crippen molar-refractivity contribution >= 4 is 23.6 Å². The molecule has 0 aromatic rings. The molecule has 0 saturated heterocycles. The van der Waals surface area contributed by atoms with E-state index >= 15 is 0 Å². The van der Waals surface area contributed by atoms with Crippen LogP contribution in [0.1, 0.15) is 32.1 Å². The van der Waals surface area contributed by atoms with E-state index < -0.39 is 5.97 Å². The molecular weight excluding hydrogens is 214 g/mol. The second kappa shape index (κ2) is 9.83. The Labute approximate surface area is 94.8 Å². The van der Waals surface area contributed by atoms with Gasteiger partial charge in [-0.3, -0.25) is 9.59 Å². The first-order valence-electron chi connectivity index (χ1n) is 5.14. The van der Waals surface area contributed by atoms with E-state index in [4.69, 9.17) is 5.11 Å². The summed E-state index contributed by atoms with van der Waals surface area (Å²) < 4.78 is 0. The predicted octanol–water partition coefficient (Wildman–Crippen LogP) is 1.50. The lowest BCUT2D eigenvalue weighted by Gasteiger charge is -2.03. The Bertz CT molecular complexity index is 197. The smallest absolute Gasteiger partial charge is 0.303 e. The minimum atomic E-state index is -0.816. The highest BCUT2D eigenvalue weighted by atomic mass is 32.2. The lowest BCUT2D eigenvalue weighted by atomic mass is 10.2. The van der Waals surface area contributed by atoms with E-state index in [-0.39, 0.29) is 12.3 Å².